The molecule has 0 unspecified atom stereocenters. The summed E-state index contributed by atoms with van der Waals surface area (Å²) in [6.45, 7) is 2.39. The van der Waals surface area contributed by atoms with Gasteiger partial charge in [0.25, 0.3) is 0 Å². The molecule has 0 N–H and O–H groups in total. The van der Waals surface area contributed by atoms with Crippen LogP contribution in [0.15, 0.2) is 23.5 Å². The minimum atomic E-state index is -0.468. The van der Waals surface area contributed by atoms with Crippen molar-refractivity contribution in [3.63, 3.8) is 0 Å². The predicted molar refractivity (Wildman–Crippen MR) is 68.7 cm³/mol. The molecule has 1 aliphatic rings. The third-order valence-corrected chi connectivity index (χ3v) is 3.10. The number of aromatic nitrogens is 2. The molecule has 6 nitrogen and oxygen atoms in total. The summed E-state index contributed by atoms with van der Waals surface area (Å²) < 4.78 is 6.76. The van der Waals surface area contributed by atoms with E-state index in [0.717, 1.165) is 22.0 Å². The monoisotopic (exact) mass is 259 g/mol. The average Bonchev–Trinajstić information content (AvgIpc) is 2.80. The lowest BCUT2D eigenvalue weighted by Crippen LogP contribution is -2.23. The number of carbonyl (C=O) groups excluding carboxylic acids is 1. The SMILES string of the molecule is CCOC(=O)C1=NOCc2c1ccc1cnn(C)c21. The Kier molecular flexibility index (Phi) is 2.70. The molecule has 3 rings (SSSR count). The van der Waals surface area contributed by atoms with E-state index < -0.39 is 5.97 Å². The normalized spacial score (nSPS) is 13.7. The summed E-state index contributed by atoms with van der Waals surface area (Å²) in [6, 6.07) is 3.78. The first-order valence-electron chi connectivity index (χ1n) is 6.03. The molecule has 0 amide bonds. The van der Waals surface area contributed by atoms with Gasteiger partial charge in [-0.3, -0.25) is 4.68 Å². The molecule has 0 fully saturated rings. The Morgan fingerprint density at radius 1 is 1.53 bits per heavy atom. The Hall–Kier alpha value is -2.37. The molecule has 0 aliphatic carbocycles. The Labute approximate surface area is 109 Å². The molecule has 0 saturated heterocycles. The number of benzene rings is 1. The topological polar surface area (TPSA) is 65.7 Å². The fourth-order valence-corrected chi connectivity index (χ4v) is 2.27. The fourth-order valence-electron chi connectivity index (χ4n) is 2.27. The van der Waals surface area contributed by atoms with Crippen molar-refractivity contribution in [2.75, 3.05) is 6.61 Å². The molecule has 19 heavy (non-hydrogen) atoms. The molecule has 0 radical (unpaired) electrons. The van der Waals surface area contributed by atoms with Crippen molar-refractivity contribution in [2.24, 2.45) is 12.2 Å². The number of nitrogens with zero attached hydrogens (tertiary/aromatic N) is 3. The molecule has 0 bridgehead atoms. The zero-order valence-electron chi connectivity index (χ0n) is 10.7. The number of carbonyl (C=O) groups is 1. The third-order valence-electron chi connectivity index (χ3n) is 3.10. The Balaban J connectivity index is 2.17. The number of esters is 1. The van der Waals surface area contributed by atoms with E-state index in [4.69, 9.17) is 9.57 Å². The summed E-state index contributed by atoms with van der Waals surface area (Å²) in [4.78, 5) is 17.0. The van der Waals surface area contributed by atoms with E-state index >= 15 is 0 Å². The summed E-state index contributed by atoms with van der Waals surface area (Å²) in [5.41, 5.74) is 2.83. The minimum absolute atomic E-state index is 0.214. The zero-order valence-corrected chi connectivity index (χ0v) is 10.7. The second-order valence-corrected chi connectivity index (χ2v) is 4.23. The number of fused-ring (bicyclic) bond motifs is 3. The highest BCUT2D eigenvalue weighted by Crippen LogP contribution is 2.26. The minimum Gasteiger partial charge on any atom is -0.461 e. The average molecular weight is 259 g/mol. The number of hydrogen-bond acceptors (Lipinski definition) is 5. The highest BCUT2D eigenvalue weighted by Gasteiger charge is 2.25. The smallest absolute Gasteiger partial charge is 0.361 e. The number of ether oxygens (including phenoxy) is 1. The van der Waals surface area contributed by atoms with Crippen LogP contribution in [0.4, 0.5) is 0 Å². The van der Waals surface area contributed by atoms with Gasteiger partial charge in [-0.15, -0.1) is 0 Å². The van der Waals surface area contributed by atoms with Crippen LogP contribution in [0.25, 0.3) is 10.9 Å². The Bertz CT molecular complexity index is 688. The lowest BCUT2D eigenvalue weighted by molar-refractivity contribution is -0.135. The number of rotatable bonds is 2. The first-order valence-corrected chi connectivity index (χ1v) is 6.03. The van der Waals surface area contributed by atoms with Gasteiger partial charge >= 0.3 is 5.97 Å². The van der Waals surface area contributed by atoms with Crippen molar-refractivity contribution < 1.29 is 14.4 Å². The molecular formula is C13H13N3O3. The molecule has 0 spiro atoms. The van der Waals surface area contributed by atoms with E-state index in [1.54, 1.807) is 17.8 Å². The Morgan fingerprint density at radius 2 is 2.37 bits per heavy atom. The summed E-state index contributed by atoms with van der Waals surface area (Å²) >= 11 is 0. The maximum Gasteiger partial charge on any atom is 0.361 e. The molecule has 2 aromatic rings. The van der Waals surface area contributed by atoms with E-state index in [1.807, 2.05) is 19.2 Å². The number of oxime groups is 1. The molecule has 0 atom stereocenters. The molecule has 1 aromatic carbocycles. The van der Waals surface area contributed by atoms with Crippen molar-refractivity contribution >= 4 is 22.6 Å². The predicted octanol–water partition coefficient (Wildman–Crippen LogP) is 1.37. The number of aryl methyl sites for hydroxylation is 1. The van der Waals surface area contributed by atoms with E-state index in [2.05, 4.69) is 10.3 Å². The van der Waals surface area contributed by atoms with Gasteiger partial charge in [0.2, 0.25) is 0 Å². The van der Waals surface area contributed by atoms with Gasteiger partial charge in [0, 0.05) is 23.6 Å². The highest BCUT2D eigenvalue weighted by molar-refractivity contribution is 6.44. The van der Waals surface area contributed by atoms with Crippen molar-refractivity contribution in [3.05, 3.63) is 29.5 Å². The first kappa shape index (κ1) is 11.7. The van der Waals surface area contributed by atoms with Crippen LogP contribution in [0.5, 0.6) is 0 Å². The van der Waals surface area contributed by atoms with Gasteiger partial charge in [0.15, 0.2) is 5.71 Å². The maximum atomic E-state index is 11.9. The van der Waals surface area contributed by atoms with Gasteiger partial charge in [-0.25, -0.2) is 4.79 Å². The van der Waals surface area contributed by atoms with Crippen LogP contribution in [0.1, 0.15) is 18.1 Å². The third kappa shape index (κ3) is 1.76. The van der Waals surface area contributed by atoms with Crippen LogP contribution in [0.3, 0.4) is 0 Å². The van der Waals surface area contributed by atoms with Crippen LogP contribution in [0, 0.1) is 0 Å². The van der Waals surface area contributed by atoms with Gasteiger partial charge in [0.05, 0.1) is 18.3 Å². The molecular weight excluding hydrogens is 246 g/mol. The largest absolute Gasteiger partial charge is 0.461 e. The van der Waals surface area contributed by atoms with Gasteiger partial charge < -0.3 is 9.57 Å². The fraction of sp³-hybridized carbons (Fsp3) is 0.308. The molecule has 1 aromatic heterocycles. The van der Waals surface area contributed by atoms with Crippen LogP contribution in [-0.2, 0) is 28.0 Å². The van der Waals surface area contributed by atoms with E-state index in [0.29, 0.717) is 13.2 Å². The van der Waals surface area contributed by atoms with E-state index in [-0.39, 0.29) is 5.71 Å². The van der Waals surface area contributed by atoms with Gasteiger partial charge in [-0.2, -0.15) is 5.10 Å². The standard InChI is InChI=1S/C13H13N3O3/c1-3-18-13(17)11-9-5-4-8-6-14-16(2)12(8)10(9)7-19-15-11/h4-6H,3,7H2,1-2H3. The highest BCUT2D eigenvalue weighted by atomic mass is 16.6. The van der Waals surface area contributed by atoms with Gasteiger partial charge in [-0.1, -0.05) is 17.3 Å². The van der Waals surface area contributed by atoms with Crippen molar-refractivity contribution in [1.82, 2.24) is 9.78 Å². The van der Waals surface area contributed by atoms with Crippen molar-refractivity contribution in [1.29, 1.82) is 0 Å². The van der Waals surface area contributed by atoms with Gasteiger partial charge in [-0.05, 0) is 6.92 Å². The van der Waals surface area contributed by atoms with Crippen molar-refractivity contribution in [3.8, 4) is 0 Å². The molecule has 98 valence electrons. The summed E-state index contributed by atoms with van der Waals surface area (Å²) in [6.07, 6.45) is 1.78. The number of hydrogen-bond donors (Lipinski definition) is 0. The summed E-state index contributed by atoms with van der Waals surface area (Å²) in [5, 5.41) is 9.05. The quantitative estimate of drug-likeness (QED) is 0.764. The first-order chi connectivity index (χ1) is 9.22. The molecule has 6 heteroatoms. The summed E-state index contributed by atoms with van der Waals surface area (Å²) in [5.74, 6) is -0.468. The van der Waals surface area contributed by atoms with E-state index in [1.165, 1.54) is 0 Å². The van der Waals surface area contributed by atoms with Gasteiger partial charge in [0.1, 0.15) is 6.61 Å². The lowest BCUT2D eigenvalue weighted by atomic mass is 10.00. The molecule has 2 heterocycles. The lowest BCUT2D eigenvalue weighted by Gasteiger charge is -2.16. The van der Waals surface area contributed by atoms with Crippen LogP contribution < -0.4 is 0 Å². The Morgan fingerprint density at radius 3 is 3.16 bits per heavy atom. The van der Waals surface area contributed by atoms with Crippen LogP contribution >= 0.6 is 0 Å². The molecule has 1 aliphatic heterocycles. The van der Waals surface area contributed by atoms with Crippen molar-refractivity contribution in [2.45, 2.75) is 13.5 Å². The second-order valence-electron chi connectivity index (χ2n) is 4.23. The van der Waals surface area contributed by atoms with Crippen LogP contribution in [0.2, 0.25) is 0 Å². The summed E-state index contributed by atoms with van der Waals surface area (Å²) in [7, 11) is 1.86. The van der Waals surface area contributed by atoms with E-state index in [9.17, 15) is 4.79 Å². The van der Waals surface area contributed by atoms with Crippen LogP contribution in [-0.4, -0.2) is 28.1 Å². The maximum absolute atomic E-state index is 11.9. The zero-order chi connectivity index (χ0) is 13.4. The molecule has 0 saturated carbocycles. The second kappa shape index (κ2) is 4.38.